The lowest BCUT2D eigenvalue weighted by molar-refractivity contribution is -0.139. The van der Waals surface area contributed by atoms with E-state index in [9.17, 15) is 14.7 Å². The topological polar surface area (TPSA) is 81.1 Å². The van der Waals surface area contributed by atoms with Gasteiger partial charge in [-0.3, -0.25) is 9.59 Å². The predicted molar refractivity (Wildman–Crippen MR) is 115 cm³/mol. The Bertz CT molecular complexity index is 988. The van der Waals surface area contributed by atoms with E-state index in [2.05, 4.69) is 0 Å². The first kappa shape index (κ1) is 20.3. The van der Waals surface area contributed by atoms with Gasteiger partial charge in [0.1, 0.15) is 0 Å². The summed E-state index contributed by atoms with van der Waals surface area (Å²) in [7, 11) is 0. The molecule has 2 amide bonds. The van der Waals surface area contributed by atoms with Gasteiger partial charge in [0, 0.05) is 36.7 Å². The maximum Gasteiger partial charge on any atom is 0.264 e. The summed E-state index contributed by atoms with van der Waals surface area (Å²) >= 11 is 0. The van der Waals surface area contributed by atoms with Crippen molar-refractivity contribution in [2.45, 2.75) is 31.9 Å². The molecular weight excluding hydrogens is 380 g/mol. The molecule has 4 rings (SSSR count). The van der Waals surface area contributed by atoms with Crippen LogP contribution in [0, 0.1) is 5.92 Å². The maximum absolute atomic E-state index is 13.5. The van der Waals surface area contributed by atoms with Gasteiger partial charge in [-0.1, -0.05) is 49.4 Å². The van der Waals surface area contributed by atoms with Gasteiger partial charge in [0.15, 0.2) is 5.60 Å². The average Bonchev–Trinajstić information content (AvgIpc) is 2.96. The predicted octanol–water partition coefficient (Wildman–Crippen LogP) is 2.73. The Labute approximate surface area is 176 Å². The highest BCUT2D eigenvalue weighted by Crippen LogP contribution is 2.47. The van der Waals surface area contributed by atoms with Crippen molar-refractivity contribution in [3.8, 4) is 0 Å². The molecule has 0 bridgehead atoms. The lowest BCUT2D eigenvalue weighted by Gasteiger charge is -2.32. The Morgan fingerprint density at radius 3 is 2.57 bits per heavy atom. The fraction of sp³-hybridized carbons (Fsp3) is 0.333. The number of carbonyl (C=O) groups excluding carboxylic acids is 2. The van der Waals surface area contributed by atoms with Crippen molar-refractivity contribution in [2.24, 2.45) is 5.92 Å². The van der Waals surface area contributed by atoms with Crippen molar-refractivity contribution >= 4 is 23.2 Å². The fourth-order valence-corrected chi connectivity index (χ4v) is 4.13. The standard InChI is InChI=1S/C24H26N2O4/c1-17(7-5-6-14-27)24(30)20-15-19(25-13-12-22(25)28)10-11-21(20)26(23(24)29)16-18-8-3-2-4-9-18/h2-5,7-11,15,17,27,30H,6,12-14,16H2,1H3/b7-5+/t17-,24+/m0/s1. The zero-order valence-electron chi connectivity index (χ0n) is 17.0. The molecule has 1 fully saturated rings. The smallest absolute Gasteiger partial charge is 0.264 e. The molecule has 2 heterocycles. The number of hydrogen-bond donors (Lipinski definition) is 2. The number of amides is 2. The van der Waals surface area contributed by atoms with E-state index in [1.807, 2.05) is 42.5 Å². The van der Waals surface area contributed by atoms with Crippen LogP contribution in [0.25, 0.3) is 0 Å². The van der Waals surface area contributed by atoms with Crippen LogP contribution < -0.4 is 9.80 Å². The molecule has 0 spiro atoms. The molecule has 2 aromatic rings. The highest BCUT2D eigenvalue weighted by Gasteiger charge is 2.52. The van der Waals surface area contributed by atoms with E-state index in [0.717, 1.165) is 5.56 Å². The molecule has 0 aliphatic carbocycles. The minimum absolute atomic E-state index is 0.00747. The van der Waals surface area contributed by atoms with E-state index in [0.29, 0.717) is 42.9 Å². The van der Waals surface area contributed by atoms with Crippen LogP contribution in [0.15, 0.2) is 60.7 Å². The third-order valence-corrected chi connectivity index (χ3v) is 5.98. The number of benzene rings is 2. The van der Waals surface area contributed by atoms with Crippen molar-refractivity contribution in [3.63, 3.8) is 0 Å². The second-order valence-corrected chi connectivity index (χ2v) is 7.87. The SMILES string of the molecule is C[C@@H](/C=C/CCO)[C@]1(O)C(=O)N(Cc2ccccc2)c2ccc(N3CCC3=O)cc21. The normalized spacial score (nSPS) is 21.8. The van der Waals surface area contributed by atoms with Crippen LogP contribution in [0.3, 0.4) is 0 Å². The van der Waals surface area contributed by atoms with E-state index in [1.54, 1.807) is 34.9 Å². The van der Waals surface area contributed by atoms with Crippen molar-refractivity contribution in [3.05, 3.63) is 71.8 Å². The first-order valence-corrected chi connectivity index (χ1v) is 10.3. The first-order chi connectivity index (χ1) is 14.5. The molecule has 2 aliphatic rings. The Morgan fingerprint density at radius 2 is 1.93 bits per heavy atom. The molecule has 6 nitrogen and oxygen atoms in total. The van der Waals surface area contributed by atoms with Crippen LogP contribution in [-0.2, 0) is 21.7 Å². The Morgan fingerprint density at radius 1 is 1.17 bits per heavy atom. The molecule has 0 saturated carbocycles. The molecule has 0 unspecified atom stereocenters. The van der Waals surface area contributed by atoms with Gasteiger partial charge in [-0.25, -0.2) is 0 Å². The van der Waals surface area contributed by atoms with Crippen LogP contribution in [0.4, 0.5) is 11.4 Å². The van der Waals surface area contributed by atoms with E-state index in [4.69, 9.17) is 5.11 Å². The number of carbonyl (C=O) groups is 2. The van der Waals surface area contributed by atoms with Crippen LogP contribution in [0.5, 0.6) is 0 Å². The Kier molecular flexibility index (Phi) is 5.45. The molecule has 2 aromatic carbocycles. The second kappa shape index (κ2) is 8.05. The van der Waals surface area contributed by atoms with Gasteiger partial charge >= 0.3 is 0 Å². The summed E-state index contributed by atoms with van der Waals surface area (Å²) in [6, 6.07) is 15.1. The molecular formula is C24H26N2O4. The molecule has 6 heteroatoms. The molecule has 0 aromatic heterocycles. The van der Waals surface area contributed by atoms with E-state index in [1.165, 1.54) is 0 Å². The number of aliphatic hydroxyl groups is 2. The molecule has 2 aliphatic heterocycles. The number of hydrogen-bond acceptors (Lipinski definition) is 4. The second-order valence-electron chi connectivity index (χ2n) is 7.87. The highest BCUT2D eigenvalue weighted by atomic mass is 16.3. The molecule has 30 heavy (non-hydrogen) atoms. The van der Waals surface area contributed by atoms with Gasteiger partial charge in [0.05, 0.1) is 12.2 Å². The summed E-state index contributed by atoms with van der Waals surface area (Å²) in [6.07, 6.45) is 4.52. The Hall–Kier alpha value is -2.96. The summed E-state index contributed by atoms with van der Waals surface area (Å²) in [5.74, 6) is -0.840. The monoisotopic (exact) mass is 406 g/mol. The van der Waals surface area contributed by atoms with E-state index >= 15 is 0 Å². The number of aliphatic hydroxyl groups excluding tert-OH is 1. The summed E-state index contributed by atoms with van der Waals surface area (Å²) in [4.78, 5) is 28.7. The number of anilines is 2. The summed E-state index contributed by atoms with van der Waals surface area (Å²) in [5, 5.41) is 20.7. The van der Waals surface area contributed by atoms with Gasteiger partial charge in [0.25, 0.3) is 5.91 Å². The van der Waals surface area contributed by atoms with Gasteiger partial charge in [-0.05, 0) is 30.2 Å². The highest BCUT2D eigenvalue weighted by molar-refractivity contribution is 6.08. The largest absolute Gasteiger partial charge is 0.396 e. The summed E-state index contributed by atoms with van der Waals surface area (Å²) in [6.45, 7) is 2.80. The quantitative estimate of drug-likeness (QED) is 0.547. The lowest BCUT2D eigenvalue weighted by Crippen LogP contribution is -2.44. The number of rotatable bonds is 7. The van der Waals surface area contributed by atoms with Crippen molar-refractivity contribution in [1.82, 2.24) is 0 Å². The van der Waals surface area contributed by atoms with Gasteiger partial charge in [-0.2, -0.15) is 0 Å². The van der Waals surface area contributed by atoms with Gasteiger partial charge < -0.3 is 20.0 Å². The summed E-state index contributed by atoms with van der Waals surface area (Å²) < 4.78 is 0. The Balaban J connectivity index is 1.76. The molecule has 2 N–H and O–H groups in total. The van der Waals surface area contributed by atoms with Gasteiger partial charge in [-0.15, -0.1) is 0 Å². The van der Waals surface area contributed by atoms with Crippen LogP contribution in [0.1, 0.15) is 30.9 Å². The minimum atomic E-state index is -1.74. The zero-order valence-corrected chi connectivity index (χ0v) is 17.0. The van der Waals surface area contributed by atoms with E-state index in [-0.39, 0.29) is 18.4 Å². The molecule has 2 atom stereocenters. The van der Waals surface area contributed by atoms with E-state index < -0.39 is 11.5 Å². The summed E-state index contributed by atoms with van der Waals surface area (Å²) in [5.41, 5.74) is 1.10. The number of β-lactam (4-membered cyclic amide) rings is 1. The van der Waals surface area contributed by atoms with Crippen LogP contribution in [-0.4, -0.2) is 35.2 Å². The van der Waals surface area contributed by atoms with Crippen molar-refractivity contribution in [2.75, 3.05) is 23.0 Å². The van der Waals surface area contributed by atoms with Crippen LogP contribution in [0.2, 0.25) is 0 Å². The molecule has 0 radical (unpaired) electrons. The minimum Gasteiger partial charge on any atom is -0.396 e. The number of nitrogens with zero attached hydrogens (tertiary/aromatic N) is 2. The molecule has 1 saturated heterocycles. The fourth-order valence-electron chi connectivity index (χ4n) is 4.13. The van der Waals surface area contributed by atoms with Crippen molar-refractivity contribution in [1.29, 1.82) is 0 Å². The third kappa shape index (κ3) is 3.32. The molecule has 156 valence electrons. The lowest BCUT2D eigenvalue weighted by atomic mass is 9.82. The average molecular weight is 406 g/mol. The van der Waals surface area contributed by atoms with Crippen molar-refractivity contribution < 1.29 is 19.8 Å². The third-order valence-electron chi connectivity index (χ3n) is 5.98. The maximum atomic E-state index is 13.5. The van der Waals surface area contributed by atoms with Crippen LogP contribution >= 0.6 is 0 Å². The van der Waals surface area contributed by atoms with Gasteiger partial charge in [0.2, 0.25) is 5.91 Å². The first-order valence-electron chi connectivity index (χ1n) is 10.3. The zero-order chi connectivity index (χ0) is 21.3. The number of fused-ring (bicyclic) bond motifs is 1.